The fraction of sp³-hybridized carbons (Fsp3) is 0.600. The molecule has 0 spiro atoms. The van der Waals surface area contributed by atoms with Gasteiger partial charge in [0, 0.05) is 6.61 Å². The summed E-state index contributed by atoms with van der Waals surface area (Å²) >= 11 is 0. The van der Waals surface area contributed by atoms with Crippen LogP contribution in [-0.4, -0.2) is 33.0 Å². The second-order valence-electron chi connectivity index (χ2n) is 4.91. The topological polar surface area (TPSA) is 53.7 Å². The lowest BCUT2D eigenvalue weighted by molar-refractivity contribution is -0.0428. The number of nitrogens with two attached hydrogens (primary N) is 1. The van der Waals surface area contributed by atoms with Crippen molar-refractivity contribution in [3.05, 3.63) is 29.8 Å². The molecule has 2 unspecified atom stereocenters. The summed E-state index contributed by atoms with van der Waals surface area (Å²) in [5.41, 5.74) is 7.14. The largest absolute Gasteiger partial charge is 0.497 e. The number of hydrogen-bond donors (Lipinski definition) is 1. The molecule has 1 saturated heterocycles. The molecule has 1 heterocycles. The van der Waals surface area contributed by atoms with Crippen molar-refractivity contribution in [2.45, 2.75) is 31.4 Å². The van der Waals surface area contributed by atoms with Gasteiger partial charge in [-0.05, 0) is 37.0 Å². The van der Waals surface area contributed by atoms with Crippen LogP contribution in [0.5, 0.6) is 5.75 Å². The van der Waals surface area contributed by atoms with E-state index in [1.165, 1.54) is 12.8 Å². The van der Waals surface area contributed by atoms with E-state index in [0.29, 0.717) is 13.2 Å². The van der Waals surface area contributed by atoms with Gasteiger partial charge in [0.15, 0.2) is 0 Å². The molecule has 2 N–H and O–H groups in total. The first-order valence-electron chi connectivity index (χ1n) is 6.88. The quantitative estimate of drug-likeness (QED) is 0.857. The van der Waals surface area contributed by atoms with Gasteiger partial charge in [0.2, 0.25) is 0 Å². The first-order valence-corrected chi connectivity index (χ1v) is 6.88. The van der Waals surface area contributed by atoms with Gasteiger partial charge in [-0.25, -0.2) is 0 Å². The third-order valence-corrected chi connectivity index (χ3v) is 3.40. The average molecular weight is 265 g/mol. The smallest absolute Gasteiger partial charge is 0.119 e. The van der Waals surface area contributed by atoms with Crippen molar-refractivity contribution < 1.29 is 14.2 Å². The number of hydrogen-bond acceptors (Lipinski definition) is 4. The van der Waals surface area contributed by atoms with E-state index >= 15 is 0 Å². The molecule has 0 amide bonds. The predicted octanol–water partition coefficient (Wildman–Crippen LogP) is 2.28. The highest BCUT2D eigenvalue weighted by molar-refractivity contribution is 5.30. The third kappa shape index (κ3) is 4.49. The van der Waals surface area contributed by atoms with Gasteiger partial charge in [-0.2, -0.15) is 0 Å². The zero-order chi connectivity index (χ0) is 13.5. The van der Waals surface area contributed by atoms with Crippen LogP contribution in [0.2, 0.25) is 0 Å². The molecule has 1 fully saturated rings. The van der Waals surface area contributed by atoms with Crippen molar-refractivity contribution in [2.75, 3.05) is 26.9 Å². The van der Waals surface area contributed by atoms with Crippen LogP contribution in [0, 0.1) is 0 Å². The molecular weight excluding hydrogens is 242 g/mol. The van der Waals surface area contributed by atoms with E-state index in [9.17, 15) is 0 Å². The molecule has 19 heavy (non-hydrogen) atoms. The Kier molecular flexibility index (Phi) is 5.63. The maximum absolute atomic E-state index is 6.11. The normalized spacial score (nSPS) is 21.1. The second kappa shape index (κ2) is 7.48. The monoisotopic (exact) mass is 265 g/mol. The number of rotatable bonds is 6. The molecule has 0 radical (unpaired) electrons. The zero-order valence-electron chi connectivity index (χ0n) is 11.5. The van der Waals surface area contributed by atoms with Gasteiger partial charge in [0.05, 0.1) is 32.5 Å². The fourth-order valence-electron chi connectivity index (χ4n) is 2.23. The molecule has 2 atom stereocenters. The lowest BCUT2D eigenvalue weighted by Crippen LogP contribution is -2.26. The molecule has 0 bridgehead atoms. The summed E-state index contributed by atoms with van der Waals surface area (Å²) in [5, 5.41) is 0. The van der Waals surface area contributed by atoms with Crippen molar-refractivity contribution in [3.63, 3.8) is 0 Å². The molecule has 1 aromatic rings. The van der Waals surface area contributed by atoms with E-state index in [1.54, 1.807) is 7.11 Å². The second-order valence-corrected chi connectivity index (χ2v) is 4.91. The highest BCUT2D eigenvalue weighted by atomic mass is 16.5. The van der Waals surface area contributed by atoms with E-state index < -0.39 is 0 Å². The standard InChI is InChI=1S/C15H23NO3/c1-17-13-7-4-5-12(9-13)15(16)11-18-10-14-6-2-3-8-19-14/h4-5,7,9,14-15H,2-3,6,8,10-11,16H2,1H3. The Balaban J connectivity index is 1.75. The van der Waals surface area contributed by atoms with E-state index in [2.05, 4.69) is 0 Å². The molecule has 0 saturated carbocycles. The number of methoxy groups -OCH3 is 1. The lowest BCUT2D eigenvalue weighted by Gasteiger charge is -2.23. The van der Waals surface area contributed by atoms with E-state index in [-0.39, 0.29) is 12.1 Å². The van der Waals surface area contributed by atoms with E-state index in [0.717, 1.165) is 24.3 Å². The Hall–Kier alpha value is -1.10. The van der Waals surface area contributed by atoms with Gasteiger partial charge >= 0.3 is 0 Å². The third-order valence-electron chi connectivity index (χ3n) is 3.40. The first kappa shape index (κ1) is 14.3. The number of ether oxygens (including phenoxy) is 3. The van der Waals surface area contributed by atoms with Crippen molar-refractivity contribution in [1.82, 2.24) is 0 Å². The summed E-state index contributed by atoms with van der Waals surface area (Å²) in [4.78, 5) is 0. The van der Waals surface area contributed by atoms with Gasteiger partial charge in [0.25, 0.3) is 0 Å². The molecule has 106 valence electrons. The molecule has 1 aliphatic heterocycles. The van der Waals surface area contributed by atoms with Crippen LogP contribution in [0.15, 0.2) is 24.3 Å². The van der Waals surface area contributed by atoms with Crippen LogP contribution in [0.4, 0.5) is 0 Å². The summed E-state index contributed by atoms with van der Waals surface area (Å²) in [5.74, 6) is 0.823. The minimum absolute atomic E-state index is 0.126. The first-order chi connectivity index (χ1) is 9.29. The Labute approximate surface area is 114 Å². The molecule has 4 heteroatoms. The van der Waals surface area contributed by atoms with Gasteiger partial charge in [-0.3, -0.25) is 0 Å². The van der Waals surface area contributed by atoms with E-state index in [1.807, 2.05) is 24.3 Å². The molecular formula is C15H23NO3. The summed E-state index contributed by atoms with van der Waals surface area (Å²) in [6, 6.07) is 7.67. The Morgan fingerprint density at radius 1 is 1.42 bits per heavy atom. The van der Waals surface area contributed by atoms with Gasteiger partial charge in [-0.15, -0.1) is 0 Å². The maximum Gasteiger partial charge on any atom is 0.119 e. The Morgan fingerprint density at radius 2 is 2.32 bits per heavy atom. The minimum Gasteiger partial charge on any atom is -0.497 e. The van der Waals surface area contributed by atoms with Crippen LogP contribution in [-0.2, 0) is 9.47 Å². The molecule has 0 aliphatic carbocycles. The summed E-state index contributed by atoms with van der Waals surface area (Å²) in [7, 11) is 1.65. The fourth-order valence-corrected chi connectivity index (χ4v) is 2.23. The number of benzene rings is 1. The predicted molar refractivity (Wildman–Crippen MR) is 74.3 cm³/mol. The molecule has 4 nitrogen and oxygen atoms in total. The van der Waals surface area contributed by atoms with Crippen LogP contribution in [0.3, 0.4) is 0 Å². The zero-order valence-corrected chi connectivity index (χ0v) is 11.5. The highest BCUT2D eigenvalue weighted by Gasteiger charge is 2.15. The van der Waals surface area contributed by atoms with Crippen molar-refractivity contribution in [1.29, 1.82) is 0 Å². The van der Waals surface area contributed by atoms with Crippen molar-refractivity contribution >= 4 is 0 Å². The molecule has 1 aliphatic rings. The summed E-state index contributed by atoms with van der Waals surface area (Å²) in [6.45, 7) is 2.00. The summed E-state index contributed by atoms with van der Waals surface area (Å²) in [6.07, 6.45) is 3.73. The summed E-state index contributed by atoms with van der Waals surface area (Å²) < 4.78 is 16.5. The van der Waals surface area contributed by atoms with Crippen molar-refractivity contribution in [3.8, 4) is 5.75 Å². The van der Waals surface area contributed by atoms with Crippen molar-refractivity contribution in [2.24, 2.45) is 5.73 Å². The van der Waals surface area contributed by atoms with Crippen LogP contribution < -0.4 is 10.5 Å². The average Bonchev–Trinajstić information content (AvgIpc) is 2.48. The molecule has 2 rings (SSSR count). The molecule has 0 aromatic heterocycles. The van der Waals surface area contributed by atoms with Crippen LogP contribution in [0.1, 0.15) is 30.9 Å². The minimum atomic E-state index is -0.126. The molecule has 1 aromatic carbocycles. The van der Waals surface area contributed by atoms with Gasteiger partial charge in [-0.1, -0.05) is 12.1 Å². The van der Waals surface area contributed by atoms with Crippen LogP contribution in [0.25, 0.3) is 0 Å². The Morgan fingerprint density at radius 3 is 3.05 bits per heavy atom. The van der Waals surface area contributed by atoms with Crippen LogP contribution >= 0.6 is 0 Å². The lowest BCUT2D eigenvalue weighted by atomic mass is 10.1. The maximum atomic E-state index is 6.11. The Bertz CT molecular complexity index is 377. The van der Waals surface area contributed by atoms with Gasteiger partial charge < -0.3 is 19.9 Å². The van der Waals surface area contributed by atoms with E-state index in [4.69, 9.17) is 19.9 Å². The highest BCUT2D eigenvalue weighted by Crippen LogP contribution is 2.18. The van der Waals surface area contributed by atoms with Gasteiger partial charge in [0.1, 0.15) is 5.75 Å². The SMILES string of the molecule is COc1cccc(C(N)COCC2CCCCO2)c1.